The van der Waals surface area contributed by atoms with Crippen LogP contribution in [0.5, 0.6) is 0 Å². The van der Waals surface area contributed by atoms with E-state index in [2.05, 4.69) is 26.6 Å². The summed E-state index contributed by atoms with van der Waals surface area (Å²) in [6, 6.07) is 12.1. The van der Waals surface area contributed by atoms with Crippen LogP contribution in [0.15, 0.2) is 42.6 Å². The molecule has 0 aliphatic carbocycles. The van der Waals surface area contributed by atoms with Crippen molar-refractivity contribution in [1.82, 2.24) is 14.5 Å². The molecular weight excluding hydrogens is 392 g/mol. The molecule has 0 amide bonds. The zero-order valence-electron chi connectivity index (χ0n) is 17.9. The standard InChI is InChI=1S/C24H24N4O3/c1-15-14-25-20-7-5-4-6-18(20)23(15)28-16(2)26-22-19(24(29)30-3)12-17(13-21(22)28)27-8-10-31-11-9-27/h4-7,12-14H,8-11H2,1-3H3. The third-order valence-electron chi connectivity index (χ3n) is 5.85. The highest BCUT2D eigenvalue weighted by molar-refractivity contribution is 6.05. The van der Waals surface area contributed by atoms with Gasteiger partial charge in [-0.2, -0.15) is 0 Å². The number of ether oxygens (including phenoxy) is 2. The lowest BCUT2D eigenvalue weighted by atomic mass is 10.1. The van der Waals surface area contributed by atoms with Gasteiger partial charge in [0.2, 0.25) is 0 Å². The first-order valence-electron chi connectivity index (χ1n) is 10.4. The van der Waals surface area contributed by atoms with Gasteiger partial charge in [-0.15, -0.1) is 0 Å². The lowest BCUT2D eigenvalue weighted by Crippen LogP contribution is -2.36. The number of aromatic nitrogens is 3. The van der Waals surface area contributed by atoms with Gasteiger partial charge in [0.1, 0.15) is 11.3 Å². The van der Waals surface area contributed by atoms with Crippen LogP contribution < -0.4 is 4.90 Å². The van der Waals surface area contributed by atoms with Gasteiger partial charge >= 0.3 is 5.97 Å². The number of para-hydroxylation sites is 1. The minimum absolute atomic E-state index is 0.388. The highest BCUT2D eigenvalue weighted by Gasteiger charge is 2.23. The Kier molecular flexibility index (Phi) is 4.82. The van der Waals surface area contributed by atoms with Crippen LogP contribution in [0.1, 0.15) is 21.7 Å². The van der Waals surface area contributed by atoms with Crippen LogP contribution in [-0.2, 0) is 9.47 Å². The van der Waals surface area contributed by atoms with Crippen LogP contribution >= 0.6 is 0 Å². The third-order valence-corrected chi connectivity index (χ3v) is 5.85. The van der Waals surface area contributed by atoms with Gasteiger partial charge in [-0.25, -0.2) is 9.78 Å². The molecule has 4 aromatic rings. The zero-order valence-corrected chi connectivity index (χ0v) is 17.9. The number of hydrogen-bond donors (Lipinski definition) is 0. The van der Waals surface area contributed by atoms with E-state index < -0.39 is 0 Å². The van der Waals surface area contributed by atoms with E-state index >= 15 is 0 Å². The summed E-state index contributed by atoms with van der Waals surface area (Å²) in [5.74, 6) is 0.416. The van der Waals surface area contributed by atoms with Gasteiger partial charge in [0.25, 0.3) is 0 Å². The molecule has 0 spiro atoms. The Morgan fingerprint density at radius 3 is 2.68 bits per heavy atom. The van der Waals surface area contributed by atoms with E-state index in [1.54, 1.807) is 0 Å². The first-order valence-corrected chi connectivity index (χ1v) is 10.4. The second kappa shape index (κ2) is 7.67. The minimum Gasteiger partial charge on any atom is -0.465 e. The van der Waals surface area contributed by atoms with E-state index in [0.717, 1.165) is 52.3 Å². The quantitative estimate of drug-likeness (QED) is 0.473. The average Bonchev–Trinajstić information content (AvgIpc) is 3.14. The molecule has 0 saturated carbocycles. The van der Waals surface area contributed by atoms with E-state index in [4.69, 9.17) is 14.5 Å². The Labute approximate surface area is 180 Å². The van der Waals surface area contributed by atoms with Gasteiger partial charge in [0, 0.05) is 30.4 Å². The fourth-order valence-corrected chi connectivity index (χ4v) is 4.35. The maximum atomic E-state index is 12.7. The van der Waals surface area contributed by atoms with Crippen LogP contribution in [0.3, 0.4) is 0 Å². The van der Waals surface area contributed by atoms with Gasteiger partial charge in [-0.3, -0.25) is 9.55 Å². The summed E-state index contributed by atoms with van der Waals surface area (Å²) >= 11 is 0. The molecule has 1 aliphatic rings. The molecule has 7 heteroatoms. The summed E-state index contributed by atoms with van der Waals surface area (Å²) in [4.78, 5) is 24.3. The monoisotopic (exact) mass is 416 g/mol. The largest absolute Gasteiger partial charge is 0.465 e. The van der Waals surface area contributed by atoms with Gasteiger partial charge < -0.3 is 14.4 Å². The number of rotatable bonds is 3. The number of aryl methyl sites for hydroxylation is 2. The number of fused-ring (bicyclic) bond motifs is 2. The third kappa shape index (κ3) is 3.21. The molecule has 0 radical (unpaired) electrons. The number of nitrogens with zero attached hydrogens (tertiary/aromatic N) is 4. The first kappa shape index (κ1) is 19.5. The van der Waals surface area contributed by atoms with Crippen LogP contribution in [0, 0.1) is 13.8 Å². The summed E-state index contributed by atoms with van der Waals surface area (Å²) in [5, 5.41) is 1.04. The topological polar surface area (TPSA) is 69.5 Å². The van der Waals surface area contributed by atoms with Crippen LogP contribution in [0.2, 0.25) is 0 Å². The maximum Gasteiger partial charge on any atom is 0.340 e. The van der Waals surface area contributed by atoms with Gasteiger partial charge in [-0.1, -0.05) is 18.2 Å². The summed E-state index contributed by atoms with van der Waals surface area (Å²) in [6.45, 7) is 6.89. The Balaban J connectivity index is 1.83. The Hall–Kier alpha value is -3.45. The van der Waals surface area contributed by atoms with E-state index in [1.165, 1.54) is 7.11 Å². The molecule has 0 atom stereocenters. The number of carbonyl (C=O) groups is 1. The molecule has 7 nitrogen and oxygen atoms in total. The smallest absolute Gasteiger partial charge is 0.340 e. The van der Waals surface area contributed by atoms with E-state index in [9.17, 15) is 4.79 Å². The minimum atomic E-state index is -0.388. The lowest BCUT2D eigenvalue weighted by molar-refractivity contribution is 0.0603. The molecule has 0 unspecified atom stereocenters. The van der Waals surface area contributed by atoms with Crippen LogP contribution in [0.4, 0.5) is 5.69 Å². The lowest BCUT2D eigenvalue weighted by Gasteiger charge is -2.29. The van der Waals surface area contributed by atoms with Crippen molar-refractivity contribution in [3.8, 4) is 5.69 Å². The average molecular weight is 416 g/mol. The number of morpholine rings is 1. The molecular formula is C24H24N4O3. The molecule has 1 aliphatic heterocycles. The fraction of sp³-hybridized carbons (Fsp3) is 0.292. The second-order valence-electron chi connectivity index (χ2n) is 7.75. The first-order chi connectivity index (χ1) is 15.1. The molecule has 1 fully saturated rings. The van der Waals surface area contributed by atoms with Gasteiger partial charge in [0.15, 0.2) is 0 Å². The second-order valence-corrected chi connectivity index (χ2v) is 7.75. The van der Waals surface area contributed by atoms with Crippen molar-refractivity contribution < 1.29 is 14.3 Å². The molecule has 2 aromatic heterocycles. The number of pyridine rings is 1. The summed E-state index contributed by atoms with van der Waals surface area (Å²) in [6.07, 6.45) is 1.88. The SMILES string of the molecule is COC(=O)c1cc(N2CCOCC2)cc2c1nc(C)n2-c1c(C)cnc2ccccc12. The number of esters is 1. The van der Waals surface area contributed by atoms with Gasteiger partial charge in [0.05, 0.1) is 42.6 Å². The van der Waals surface area contributed by atoms with Crippen LogP contribution in [-0.4, -0.2) is 53.9 Å². The number of methoxy groups -OCH3 is 1. The Morgan fingerprint density at radius 2 is 1.90 bits per heavy atom. The van der Waals surface area contributed by atoms with Crippen LogP contribution in [0.25, 0.3) is 27.6 Å². The van der Waals surface area contributed by atoms with Crippen molar-refractivity contribution >= 4 is 33.6 Å². The molecule has 1 saturated heterocycles. The Bertz CT molecular complexity index is 1310. The van der Waals surface area contributed by atoms with Crippen molar-refractivity contribution in [3.63, 3.8) is 0 Å². The van der Waals surface area contributed by atoms with Crippen molar-refractivity contribution in [1.29, 1.82) is 0 Å². The molecule has 3 heterocycles. The zero-order chi connectivity index (χ0) is 21.5. The predicted octanol–water partition coefficient (Wildman–Crippen LogP) is 3.81. The molecule has 158 valence electrons. The summed E-state index contributed by atoms with van der Waals surface area (Å²) in [5.41, 5.74) is 5.94. The highest BCUT2D eigenvalue weighted by atomic mass is 16.5. The number of benzene rings is 2. The van der Waals surface area contributed by atoms with E-state index in [0.29, 0.717) is 24.3 Å². The van der Waals surface area contributed by atoms with E-state index in [1.807, 2.05) is 44.3 Å². The summed E-state index contributed by atoms with van der Waals surface area (Å²) in [7, 11) is 1.40. The molecule has 2 aromatic carbocycles. The molecule has 5 rings (SSSR count). The normalized spacial score (nSPS) is 14.4. The number of hydrogen-bond acceptors (Lipinski definition) is 6. The van der Waals surface area contributed by atoms with E-state index in [-0.39, 0.29) is 5.97 Å². The van der Waals surface area contributed by atoms with Crippen molar-refractivity contribution in [2.24, 2.45) is 0 Å². The van der Waals surface area contributed by atoms with Crippen molar-refractivity contribution in [2.75, 3.05) is 38.3 Å². The molecule has 0 bridgehead atoms. The number of carbonyl (C=O) groups excluding carboxylic acids is 1. The number of imidazole rings is 1. The Morgan fingerprint density at radius 1 is 1.13 bits per heavy atom. The fourth-order valence-electron chi connectivity index (χ4n) is 4.35. The predicted molar refractivity (Wildman–Crippen MR) is 120 cm³/mol. The van der Waals surface area contributed by atoms with Crippen molar-refractivity contribution in [2.45, 2.75) is 13.8 Å². The maximum absolute atomic E-state index is 12.7. The van der Waals surface area contributed by atoms with Gasteiger partial charge in [-0.05, 0) is 37.6 Å². The number of anilines is 1. The summed E-state index contributed by atoms with van der Waals surface area (Å²) < 4.78 is 12.7. The molecule has 31 heavy (non-hydrogen) atoms. The molecule has 0 N–H and O–H groups in total. The van der Waals surface area contributed by atoms with Crippen molar-refractivity contribution in [3.05, 3.63) is 59.5 Å². The highest BCUT2D eigenvalue weighted by Crippen LogP contribution is 2.33.